The van der Waals surface area contributed by atoms with Gasteiger partial charge in [0.05, 0.1) is 0 Å². The summed E-state index contributed by atoms with van der Waals surface area (Å²) in [6.07, 6.45) is 3.45. The number of ketones is 1. The van der Waals surface area contributed by atoms with E-state index in [2.05, 4.69) is 16.5 Å². The molecule has 0 saturated carbocycles. The number of carbonyl (C=O) groups is 1. The highest BCUT2D eigenvalue weighted by Crippen LogP contribution is 2.21. The molecule has 1 aliphatic heterocycles. The van der Waals surface area contributed by atoms with Crippen LogP contribution in [-0.4, -0.2) is 17.8 Å². The Balaban J connectivity index is 2.30. The lowest BCUT2D eigenvalue weighted by molar-refractivity contribution is -0.112. The summed E-state index contributed by atoms with van der Waals surface area (Å²) >= 11 is 0. The van der Waals surface area contributed by atoms with Gasteiger partial charge in [-0.05, 0) is 24.1 Å². The Bertz CT molecular complexity index is 444. The maximum Gasteiger partial charge on any atom is 0.152 e. The maximum absolute atomic E-state index is 11.0. The summed E-state index contributed by atoms with van der Waals surface area (Å²) in [5.41, 5.74) is 11.0. The first-order valence-corrected chi connectivity index (χ1v) is 5.45. The van der Waals surface area contributed by atoms with Gasteiger partial charge >= 0.3 is 0 Å². The molecule has 1 saturated heterocycles. The second-order valence-electron chi connectivity index (χ2n) is 3.97. The quantitative estimate of drug-likeness (QED) is 0.671. The second-order valence-corrected chi connectivity index (χ2v) is 3.97. The highest BCUT2D eigenvalue weighted by molar-refractivity contribution is 5.91. The lowest BCUT2D eigenvalue weighted by Crippen LogP contribution is -2.34. The third kappa shape index (κ3) is 2.78. The molecule has 2 rings (SSSR count). The fraction of sp³-hybridized carbons (Fsp3) is 0.250. The third-order valence-electron chi connectivity index (χ3n) is 2.62. The van der Waals surface area contributed by atoms with Crippen LogP contribution in [0.15, 0.2) is 30.3 Å². The molecule has 1 aliphatic rings. The highest BCUT2D eigenvalue weighted by atomic mass is 16.1. The number of hydrogen-bond donors (Lipinski definition) is 3. The Hall–Kier alpha value is -1.53. The highest BCUT2D eigenvalue weighted by Gasteiger charge is 2.22. The molecule has 90 valence electrons. The van der Waals surface area contributed by atoms with Gasteiger partial charge in [-0.3, -0.25) is 4.79 Å². The first kappa shape index (κ1) is 11.9. The van der Waals surface area contributed by atoms with Gasteiger partial charge in [0.15, 0.2) is 5.78 Å². The van der Waals surface area contributed by atoms with Crippen molar-refractivity contribution in [3.8, 4) is 0 Å². The molecule has 0 aromatic heterocycles. The van der Waals surface area contributed by atoms with E-state index < -0.39 is 0 Å². The van der Waals surface area contributed by atoms with E-state index in [4.69, 9.17) is 0 Å². The fourth-order valence-electron chi connectivity index (χ4n) is 1.76. The van der Waals surface area contributed by atoms with Gasteiger partial charge in [-0.2, -0.15) is 11.1 Å². The van der Waals surface area contributed by atoms with Crippen molar-refractivity contribution in [2.24, 2.45) is 0 Å². The van der Waals surface area contributed by atoms with Crippen molar-refractivity contribution in [3.05, 3.63) is 41.5 Å². The number of hydrogen-bond acceptors (Lipinski definition) is 5. The molecule has 0 amide bonds. The first-order chi connectivity index (χ1) is 8.18. The number of rotatable bonds is 3. The van der Waals surface area contributed by atoms with Crippen LogP contribution in [0.3, 0.4) is 0 Å². The van der Waals surface area contributed by atoms with Gasteiger partial charge in [0.2, 0.25) is 0 Å². The van der Waals surface area contributed by atoms with Crippen molar-refractivity contribution >= 4 is 11.9 Å². The predicted octanol–water partition coefficient (Wildman–Crippen LogP) is 0.747. The van der Waals surface area contributed by atoms with E-state index in [0.717, 1.165) is 11.1 Å². The Labute approximate surface area is 100 Å². The Kier molecular flexibility index (Phi) is 3.65. The van der Waals surface area contributed by atoms with Crippen LogP contribution < -0.4 is 16.5 Å². The van der Waals surface area contributed by atoms with Gasteiger partial charge < -0.3 is 0 Å². The molecule has 1 atom stereocenters. The number of nitrogens with one attached hydrogen (secondary N) is 3. The van der Waals surface area contributed by atoms with Crippen LogP contribution in [-0.2, 0) is 4.79 Å². The molecule has 0 radical (unpaired) electrons. The van der Waals surface area contributed by atoms with Crippen LogP contribution in [0.5, 0.6) is 0 Å². The van der Waals surface area contributed by atoms with E-state index in [1.165, 1.54) is 0 Å². The van der Waals surface area contributed by atoms with Crippen LogP contribution in [0.25, 0.3) is 6.08 Å². The Morgan fingerprint density at radius 2 is 2.18 bits per heavy atom. The molecule has 0 spiro atoms. The molecule has 5 heteroatoms. The van der Waals surface area contributed by atoms with E-state index >= 15 is 0 Å². The van der Waals surface area contributed by atoms with E-state index in [1.807, 2.05) is 42.4 Å². The fourth-order valence-corrected chi connectivity index (χ4v) is 1.76. The molecule has 0 aliphatic carbocycles. The standard InChI is InChI=1S/C12H16N4O/c1-9(17)7-8-10-5-3-4-6-11(10)12-13-14-15-16(12)2/h3-8,12-15H,1-2H3/b8-7+. The number of allylic oxidation sites excluding steroid dienone is 1. The molecule has 1 aromatic rings. The van der Waals surface area contributed by atoms with Crippen molar-refractivity contribution in [2.75, 3.05) is 7.05 Å². The largest absolute Gasteiger partial charge is 0.295 e. The predicted molar refractivity (Wildman–Crippen MR) is 66.1 cm³/mol. The Morgan fingerprint density at radius 3 is 2.82 bits per heavy atom. The normalized spacial score (nSPS) is 21.2. The third-order valence-corrected chi connectivity index (χ3v) is 2.62. The summed E-state index contributed by atoms with van der Waals surface area (Å²) in [5.74, 6) is 0.0452. The van der Waals surface area contributed by atoms with Crippen LogP contribution in [0.4, 0.5) is 0 Å². The minimum absolute atomic E-state index is 0.0304. The van der Waals surface area contributed by atoms with Crippen molar-refractivity contribution < 1.29 is 4.79 Å². The number of nitrogens with zero attached hydrogens (tertiary/aromatic N) is 1. The summed E-state index contributed by atoms with van der Waals surface area (Å²) < 4.78 is 0. The Morgan fingerprint density at radius 1 is 1.41 bits per heavy atom. The van der Waals surface area contributed by atoms with Crippen molar-refractivity contribution in [1.29, 1.82) is 0 Å². The first-order valence-electron chi connectivity index (χ1n) is 5.45. The zero-order chi connectivity index (χ0) is 12.3. The molecular formula is C12H16N4O. The smallest absolute Gasteiger partial charge is 0.152 e. The zero-order valence-electron chi connectivity index (χ0n) is 9.90. The average molecular weight is 232 g/mol. The van der Waals surface area contributed by atoms with Crippen molar-refractivity contribution in [3.63, 3.8) is 0 Å². The molecule has 17 heavy (non-hydrogen) atoms. The summed E-state index contributed by atoms with van der Waals surface area (Å²) in [7, 11) is 1.93. The topological polar surface area (TPSA) is 56.4 Å². The van der Waals surface area contributed by atoms with Crippen LogP contribution >= 0.6 is 0 Å². The van der Waals surface area contributed by atoms with Crippen LogP contribution in [0, 0.1) is 0 Å². The molecule has 3 N–H and O–H groups in total. The van der Waals surface area contributed by atoms with Gasteiger partial charge in [0.1, 0.15) is 6.17 Å². The van der Waals surface area contributed by atoms with Crippen molar-refractivity contribution in [2.45, 2.75) is 13.1 Å². The lowest BCUT2D eigenvalue weighted by atomic mass is 10.0. The van der Waals surface area contributed by atoms with Gasteiger partial charge in [0, 0.05) is 7.05 Å². The average Bonchev–Trinajstić information content (AvgIpc) is 2.73. The SMILES string of the molecule is CC(=O)/C=C/c1ccccc1C1NNNN1C. The van der Waals surface area contributed by atoms with Gasteiger partial charge in [-0.1, -0.05) is 30.3 Å². The maximum atomic E-state index is 11.0. The molecule has 1 unspecified atom stereocenters. The summed E-state index contributed by atoms with van der Waals surface area (Å²) in [6, 6.07) is 7.96. The molecule has 1 heterocycles. The number of hydrazine groups is 3. The van der Waals surface area contributed by atoms with Gasteiger partial charge in [-0.15, -0.1) is 0 Å². The molecule has 1 fully saturated rings. The van der Waals surface area contributed by atoms with Crippen LogP contribution in [0.2, 0.25) is 0 Å². The number of benzene rings is 1. The van der Waals surface area contributed by atoms with E-state index in [0.29, 0.717) is 0 Å². The lowest BCUT2D eigenvalue weighted by Gasteiger charge is -2.19. The minimum atomic E-state index is 0.0304. The summed E-state index contributed by atoms with van der Waals surface area (Å²) in [4.78, 5) is 11.0. The second kappa shape index (κ2) is 5.20. The molecule has 5 nitrogen and oxygen atoms in total. The van der Waals surface area contributed by atoms with Gasteiger partial charge in [0.25, 0.3) is 0 Å². The van der Waals surface area contributed by atoms with E-state index in [1.54, 1.807) is 13.0 Å². The summed E-state index contributed by atoms with van der Waals surface area (Å²) in [5, 5.41) is 1.92. The number of carbonyl (C=O) groups excluding carboxylic acids is 1. The molecule has 0 bridgehead atoms. The van der Waals surface area contributed by atoms with E-state index in [-0.39, 0.29) is 11.9 Å². The monoisotopic (exact) mass is 232 g/mol. The summed E-state index contributed by atoms with van der Waals surface area (Å²) in [6.45, 7) is 1.54. The molecule has 1 aromatic carbocycles. The zero-order valence-corrected chi connectivity index (χ0v) is 9.90. The van der Waals surface area contributed by atoms with Crippen LogP contribution in [0.1, 0.15) is 24.2 Å². The minimum Gasteiger partial charge on any atom is -0.295 e. The van der Waals surface area contributed by atoms with E-state index in [9.17, 15) is 4.79 Å². The van der Waals surface area contributed by atoms with Crippen molar-refractivity contribution in [1.82, 2.24) is 21.5 Å². The molecular weight excluding hydrogens is 216 g/mol. The van der Waals surface area contributed by atoms with Gasteiger partial charge in [-0.25, -0.2) is 10.4 Å².